The first-order chi connectivity index (χ1) is 13.7. The first-order valence-electron chi connectivity index (χ1n) is 9.46. The molecule has 0 aliphatic carbocycles. The summed E-state index contributed by atoms with van der Waals surface area (Å²) in [7, 11) is 0. The van der Waals surface area contributed by atoms with Gasteiger partial charge in [0.25, 0.3) is 0 Å². The first kappa shape index (κ1) is 19.7. The molecule has 0 bridgehead atoms. The van der Waals surface area contributed by atoms with E-state index in [2.05, 4.69) is 30.6 Å². The lowest BCUT2D eigenvalue weighted by atomic mass is 10.1. The minimum atomic E-state index is -0.117. The van der Waals surface area contributed by atoms with Gasteiger partial charge < -0.3 is 15.7 Å². The van der Waals surface area contributed by atoms with E-state index in [1.54, 1.807) is 18.6 Å². The third-order valence-corrected chi connectivity index (χ3v) is 4.43. The summed E-state index contributed by atoms with van der Waals surface area (Å²) in [5.41, 5.74) is 2.77. The molecule has 0 aromatic carbocycles. The Kier molecular flexibility index (Phi) is 6.86. The topological polar surface area (TPSA) is 95.8 Å². The Bertz CT molecular complexity index is 857. The average Bonchev–Trinajstić information content (AvgIpc) is 2.73. The fourth-order valence-electron chi connectivity index (χ4n) is 2.73. The highest BCUT2D eigenvalue weighted by Crippen LogP contribution is 2.22. The van der Waals surface area contributed by atoms with Crippen LogP contribution in [0.4, 0.5) is 11.8 Å². The highest BCUT2D eigenvalue weighted by atomic mass is 16.3. The van der Waals surface area contributed by atoms with Gasteiger partial charge in [0.15, 0.2) is 0 Å². The molecule has 0 fully saturated rings. The highest BCUT2D eigenvalue weighted by molar-refractivity contribution is 5.64. The normalized spacial score (nSPS) is 12.0. The predicted molar refractivity (Wildman–Crippen MR) is 111 cm³/mol. The van der Waals surface area contributed by atoms with E-state index in [1.165, 1.54) is 0 Å². The third kappa shape index (κ3) is 5.47. The molecule has 3 rings (SSSR count). The van der Waals surface area contributed by atoms with Crippen molar-refractivity contribution >= 4 is 11.8 Å². The summed E-state index contributed by atoms with van der Waals surface area (Å²) in [6, 6.07) is 11.5. The Labute approximate surface area is 165 Å². The summed E-state index contributed by atoms with van der Waals surface area (Å²) in [4.78, 5) is 17.6. The van der Waals surface area contributed by atoms with Gasteiger partial charge in [0.05, 0.1) is 18.3 Å². The molecule has 0 amide bonds. The second-order valence-electron chi connectivity index (χ2n) is 6.87. The van der Waals surface area contributed by atoms with Crippen molar-refractivity contribution in [3.05, 3.63) is 60.7 Å². The summed E-state index contributed by atoms with van der Waals surface area (Å²) in [6.45, 7) is 4.82. The Balaban J connectivity index is 1.80. The number of aliphatic hydroxyl groups is 1. The Morgan fingerprint density at radius 2 is 1.86 bits per heavy atom. The third-order valence-electron chi connectivity index (χ3n) is 4.43. The molecule has 7 nitrogen and oxygen atoms in total. The van der Waals surface area contributed by atoms with Crippen molar-refractivity contribution in [1.29, 1.82) is 0 Å². The smallest absolute Gasteiger partial charge is 0.225 e. The van der Waals surface area contributed by atoms with Gasteiger partial charge in [-0.25, -0.2) is 4.98 Å². The lowest BCUT2D eigenvalue weighted by Crippen LogP contribution is -2.30. The molecule has 1 atom stereocenters. The van der Waals surface area contributed by atoms with Crippen LogP contribution in [-0.4, -0.2) is 44.2 Å². The van der Waals surface area contributed by atoms with Crippen LogP contribution in [-0.2, 0) is 6.42 Å². The monoisotopic (exact) mass is 378 g/mol. The minimum Gasteiger partial charge on any atom is -0.394 e. The van der Waals surface area contributed by atoms with Crippen molar-refractivity contribution in [1.82, 2.24) is 19.9 Å². The fraction of sp³-hybridized carbons (Fsp3) is 0.333. The van der Waals surface area contributed by atoms with Gasteiger partial charge >= 0.3 is 0 Å². The Hall–Kier alpha value is -3.06. The number of pyridine rings is 2. The number of anilines is 2. The van der Waals surface area contributed by atoms with Crippen LogP contribution >= 0.6 is 0 Å². The van der Waals surface area contributed by atoms with Crippen LogP contribution in [0.25, 0.3) is 11.3 Å². The van der Waals surface area contributed by atoms with Crippen LogP contribution in [0.15, 0.2) is 55.0 Å². The van der Waals surface area contributed by atoms with Gasteiger partial charge in [-0.1, -0.05) is 19.9 Å². The lowest BCUT2D eigenvalue weighted by molar-refractivity contribution is 0.248. The molecule has 3 aromatic heterocycles. The van der Waals surface area contributed by atoms with Crippen molar-refractivity contribution in [2.45, 2.75) is 26.3 Å². The first-order valence-corrected chi connectivity index (χ1v) is 9.46. The average molecular weight is 378 g/mol. The molecule has 28 heavy (non-hydrogen) atoms. The van der Waals surface area contributed by atoms with E-state index < -0.39 is 0 Å². The number of hydrogen-bond donors (Lipinski definition) is 3. The van der Waals surface area contributed by atoms with Crippen LogP contribution in [0.3, 0.4) is 0 Å². The number of aromatic nitrogens is 4. The number of aliphatic hydroxyl groups excluding tert-OH is 1. The van der Waals surface area contributed by atoms with E-state index >= 15 is 0 Å². The quantitative estimate of drug-likeness (QED) is 0.527. The van der Waals surface area contributed by atoms with Crippen molar-refractivity contribution < 1.29 is 5.11 Å². The Morgan fingerprint density at radius 1 is 1.04 bits per heavy atom. The zero-order chi connectivity index (χ0) is 19.8. The molecule has 0 aliphatic heterocycles. The van der Waals surface area contributed by atoms with Crippen LogP contribution < -0.4 is 10.6 Å². The molecule has 0 saturated heterocycles. The largest absolute Gasteiger partial charge is 0.394 e. The van der Waals surface area contributed by atoms with Crippen molar-refractivity contribution in [3.8, 4) is 11.3 Å². The lowest BCUT2D eigenvalue weighted by Gasteiger charge is -2.20. The van der Waals surface area contributed by atoms with Gasteiger partial charge in [0.1, 0.15) is 5.82 Å². The molecule has 0 spiro atoms. The molecule has 3 heterocycles. The molecule has 3 N–H and O–H groups in total. The minimum absolute atomic E-state index is 0.0168. The summed E-state index contributed by atoms with van der Waals surface area (Å²) in [5.74, 6) is 1.46. The maximum atomic E-state index is 9.63. The number of rotatable bonds is 9. The molecule has 0 unspecified atom stereocenters. The van der Waals surface area contributed by atoms with Crippen molar-refractivity contribution in [3.63, 3.8) is 0 Å². The summed E-state index contributed by atoms with van der Waals surface area (Å²) in [6.07, 6.45) is 6.07. The molecule has 3 aromatic rings. The summed E-state index contributed by atoms with van der Waals surface area (Å²) in [5, 5.41) is 16.2. The number of nitrogens with one attached hydrogen (secondary N) is 2. The fourth-order valence-corrected chi connectivity index (χ4v) is 2.73. The molecule has 0 aliphatic rings. The van der Waals surface area contributed by atoms with Crippen molar-refractivity contribution in [2.75, 3.05) is 23.8 Å². The van der Waals surface area contributed by atoms with Gasteiger partial charge in [0, 0.05) is 48.9 Å². The van der Waals surface area contributed by atoms with E-state index in [1.807, 2.05) is 50.2 Å². The van der Waals surface area contributed by atoms with Crippen LogP contribution in [0.5, 0.6) is 0 Å². The zero-order valence-electron chi connectivity index (χ0n) is 16.2. The van der Waals surface area contributed by atoms with Gasteiger partial charge in [-0.2, -0.15) is 4.98 Å². The molecule has 0 radical (unpaired) electrons. The van der Waals surface area contributed by atoms with Gasteiger partial charge in [0.2, 0.25) is 5.95 Å². The summed E-state index contributed by atoms with van der Waals surface area (Å²) >= 11 is 0. The maximum Gasteiger partial charge on any atom is 0.225 e. The van der Waals surface area contributed by atoms with Crippen LogP contribution in [0, 0.1) is 5.92 Å². The van der Waals surface area contributed by atoms with Gasteiger partial charge in [-0.3, -0.25) is 9.97 Å². The highest BCUT2D eigenvalue weighted by Gasteiger charge is 2.15. The number of nitrogens with zero attached hydrogens (tertiary/aromatic N) is 4. The molecular formula is C21H26N6O. The van der Waals surface area contributed by atoms with Gasteiger partial charge in [-0.15, -0.1) is 0 Å². The molecule has 146 valence electrons. The van der Waals surface area contributed by atoms with Crippen LogP contribution in [0.1, 0.15) is 19.5 Å². The molecule has 7 heteroatoms. The second kappa shape index (κ2) is 9.75. The SMILES string of the molecule is CC(C)[C@@H](CO)Nc1nc(NCCc2ccccn2)cc(-c2ccncc2)n1. The zero-order valence-corrected chi connectivity index (χ0v) is 16.2. The Morgan fingerprint density at radius 3 is 2.54 bits per heavy atom. The second-order valence-corrected chi connectivity index (χ2v) is 6.87. The summed E-state index contributed by atoms with van der Waals surface area (Å²) < 4.78 is 0. The van der Waals surface area contributed by atoms with E-state index in [9.17, 15) is 5.11 Å². The van der Waals surface area contributed by atoms with Crippen LogP contribution in [0.2, 0.25) is 0 Å². The van der Waals surface area contributed by atoms with Gasteiger partial charge in [-0.05, 0) is 30.2 Å². The van der Waals surface area contributed by atoms with Crippen molar-refractivity contribution in [2.24, 2.45) is 5.92 Å². The molecular weight excluding hydrogens is 352 g/mol. The van der Waals surface area contributed by atoms with E-state index in [-0.39, 0.29) is 18.6 Å². The van der Waals surface area contributed by atoms with E-state index in [0.29, 0.717) is 12.5 Å². The van der Waals surface area contributed by atoms with E-state index in [0.717, 1.165) is 29.2 Å². The molecule has 0 saturated carbocycles. The standard InChI is InChI=1S/C21H26N6O/c1-15(2)19(14-28)26-21-25-18(16-6-10-22-11-7-16)13-20(27-21)24-12-8-17-5-3-4-9-23-17/h3-7,9-11,13,15,19,28H,8,12,14H2,1-2H3,(H2,24,25,26,27)/t19-/m1/s1. The predicted octanol–water partition coefficient (Wildman–Crippen LogP) is 3.02. The number of hydrogen-bond acceptors (Lipinski definition) is 7. The maximum absolute atomic E-state index is 9.63. The van der Waals surface area contributed by atoms with E-state index in [4.69, 9.17) is 0 Å².